The standard InChI is InChI=1S/C17H16N6O2/c24-16(22-15-6-8-18-14-7-9-19-23(14)15)3-1-2-11-4-5-12-13(10-11)21-17(25)20-12/h4-10H,1-3H2,(H,22,24)(H2,20,21,25). The zero-order valence-electron chi connectivity index (χ0n) is 13.3. The minimum Gasteiger partial charge on any atom is -0.311 e. The van der Waals surface area contributed by atoms with Crippen LogP contribution in [0.4, 0.5) is 5.82 Å². The van der Waals surface area contributed by atoms with Crippen LogP contribution in [0.5, 0.6) is 0 Å². The summed E-state index contributed by atoms with van der Waals surface area (Å²) in [6.45, 7) is 0. The molecule has 4 rings (SSSR count). The number of aryl methyl sites for hydroxylation is 1. The number of amides is 1. The average molecular weight is 336 g/mol. The van der Waals surface area contributed by atoms with Crippen LogP contribution in [0.3, 0.4) is 0 Å². The predicted molar refractivity (Wildman–Crippen MR) is 93.5 cm³/mol. The first-order chi connectivity index (χ1) is 12.2. The third-order valence-corrected chi connectivity index (χ3v) is 4.01. The zero-order chi connectivity index (χ0) is 17.2. The van der Waals surface area contributed by atoms with Gasteiger partial charge in [0.2, 0.25) is 5.91 Å². The van der Waals surface area contributed by atoms with E-state index in [1.54, 1.807) is 29.0 Å². The Labute approximate surface area is 141 Å². The molecule has 1 amide bonds. The van der Waals surface area contributed by atoms with Crippen molar-refractivity contribution in [2.24, 2.45) is 0 Å². The lowest BCUT2D eigenvalue weighted by Crippen LogP contribution is -2.14. The van der Waals surface area contributed by atoms with Crippen molar-refractivity contribution in [2.45, 2.75) is 19.3 Å². The van der Waals surface area contributed by atoms with Crippen LogP contribution >= 0.6 is 0 Å². The van der Waals surface area contributed by atoms with E-state index < -0.39 is 0 Å². The number of benzene rings is 1. The molecule has 3 aromatic heterocycles. The molecule has 0 atom stereocenters. The number of hydrogen-bond donors (Lipinski definition) is 3. The van der Waals surface area contributed by atoms with Crippen LogP contribution in [-0.2, 0) is 11.2 Å². The first-order valence-electron chi connectivity index (χ1n) is 7.98. The number of nitrogens with zero attached hydrogens (tertiary/aromatic N) is 3. The molecule has 0 saturated carbocycles. The fourth-order valence-corrected chi connectivity index (χ4v) is 2.82. The normalized spacial score (nSPS) is 11.2. The van der Waals surface area contributed by atoms with Gasteiger partial charge in [-0.25, -0.2) is 9.78 Å². The summed E-state index contributed by atoms with van der Waals surface area (Å²) in [4.78, 5) is 33.0. The second-order valence-electron chi connectivity index (χ2n) is 5.79. The fraction of sp³-hybridized carbons (Fsp3) is 0.176. The molecule has 0 aliphatic heterocycles. The summed E-state index contributed by atoms with van der Waals surface area (Å²) in [6, 6.07) is 9.25. The third-order valence-electron chi connectivity index (χ3n) is 4.01. The molecule has 0 aliphatic carbocycles. The van der Waals surface area contributed by atoms with Crippen molar-refractivity contribution in [3.8, 4) is 0 Å². The number of aromatic nitrogens is 5. The lowest BCUT2D eigenvalue weighted by atomic mass is 10.1. The molecule has 4 aromatic rings. The Morgan fingerprint density at radius 1 is 1.12 bits per heavy atom. The fourth-order valence-electron chi connectivity index (χ4n) is 2.82. The van der Waals surface area contributed by atoms with Crippen molar-refractivity contribution < 1.29 is 4.79 Å². The second-order valence-corrected chi connectivity index (χ2v) is 5.79. The van der Waals surface area contributed by atoms with Crippen molar-refractivity contribution in [3.05, 3.63) is 58.8 Å². The zero-order valence-corrected chi connectivity index (χ0v) is 13.3. The molecule has 8 nitrogen and oxygen atoms in total. The molecule has 25 heavy (non-hydrogen) atoms. The van der Waals surface area contributed by atoms with Crippen molar-refractivity contribution in [1.29, 1.82) is 0 Å². The molecule has 3 N–H and O–H groups in total. The van der Waals surface area contributed by atoms with Gasteiger partial charge in [-0.05, 0) is 36.6 Å². The second kappa shape index (κ2) is 6.23. The van der Waals surface area contributed by atoms with E-state index in [4.69, 9.17) is 0 Å². The number of carbonyl (C=O) groups is 1. The number of anilines is 1. The van der Waals surface area contributed by atoms with E-state index in [0.29, 0.717) is 24.3 Å². The number of rotatable bonds is 5. The largest absolute Gasteiger partial charge is 0.323 e. The number of carbonyl (C=O) groups excluding carboxylic acids is 1. The summed E-state index contributed by atoms with van der Waals surface area (Å²) in [5, 5.41) is 7.00. The molecule has 0 saturated heterocycles. The van der Waals surface area contributed by atoms with Crippen molar-refractivity contribution in [2.75, 3.05) is 5.32 Å². The van der Waals surface area contributed by atoms with Gasteiger partial charge in [0.15, 0.2) is 5.65 Å². The molecule has 0 spiro atoms. The quantitative estimate of drug-likeness (QED) is 0.517. The smallest absolute Gasteiger partial charge is 0.311 e. The summed E-state index contributed by atoms with van der Waals surface area (Å²) >= 11 is 0. The maximum atomic E-state index is 12.2. The Morgan fingerprint density at radius 2 is 2.00 bits per heavy atom. The highest BCUT2D eigenvalue weighted by Crippen LogP contribution is 2.13. The van der Waals surface area contributed by atoms with Crippen molar-refractivity contribution in [1.82, 2.24) is 24.6 Å². The van der Waals surface area contributed by atoms with Crippen LogP contribution in [0.15, 0.2) is 47.5 Å². The predicted octanol–water partition coefficient (Wildman–Crippen LogP) is 1.86. The SMILES string of the molecule is O=C(CCCc1ccc2[nH]c(=O)[nH]c2c1)Nc1ccnc2ccnn12. The minimum absolute atomic E-state index is 0.0703. The average Bonchev–Trinajstić information content (AvgIpc) is 3.20. The van der Waals surface area contributed by atoms with E-state index in [1.807, 2.05) is 18.2 Å². The van der Waals surface area contributed by atoms with Gasteiger partial charge in [0.25, 0.3) is 0 Å². The van der Waals surface area contributed by atoms with Gasteiger partial charge < -0.3 is 15.3 Å². The van der Waals surface area contributed by atoms with Crippen LogP contribution in [0.2, 0.25) is 0 Å². The highest BCUT2D eigenvalue weighted by atomic mass is 16.1. The first kappa shape index (κ1) is 15.1. The summed E-state index contributed by atoms with van der Waals surface area (Å²) in [5.74, 6) is 0.533. The Bertz CT molecular complexity index is 1110. The Balaban J connectivity index is 1.36. The first-order valence-corrected chi connectivity index (χ1v) is 7.98. The summed E-state index contributed by atoms with van der Waals surface area (Å²) < 4.78 is 1.59. The summed E-state index contributed by atoms with van der Waals surface area (Å²) in [7, 11) is 0. The molecule has 126 valence electrons. The van der Waals surface area contributed by atoms with E-state index in [2.05, 4.69) is 25.4 Å². The van der Waals surface area contributed by atoms with Crippen LogP contribution in [-0.4, -0.2) is 30.5 Å². The lowest BCUT2D eigenvalue weighted by Gasteiger charge is -2.07. The van der Waals surface area contributed by atoms with Crippen molar-refractivity contribution >= 4 is 28.4 Å². The summed E-state index contributed by atoms with van der Waals surface area (Å²) in [6.07, 6.45) is 5.13. The molecule has 0 fully saturated rings. The van der Waals surface area contributed by atoms with Gasteiger partial charge in [-0.2, -0.15) is 9.61 Å². The number of nitrogens with one attached hydrogen (secondary N) is 3. The van der Waals surface area contributed by atoms with Gasteiger partial charge in [0.1, 0.15) is 5.82 Å². The molecular formula is C17H16N6O2. The Morgan fingerprint density at radius 3 is 2.92 bits per heavy atom. The van der Waals surface area contributed by atoms with Gasteiger partial charge in [-0.15, -0.1) is 0 Å². The number of fused-ring (bicyclic) bond motifs is 2. The molecule has 8 heteroatoms. The highest BCUT2D eigenvalue weighted by Gasteiger charge is 2.07. The molecule has 0 aliphatic rings. The number of imidazole rings is 1. The summed E-state index contributed by atoms with van der Waals surface area (Å²) in [5.41, 5.74) is 3.12. The Kier molecular flexibility index (Phi) is 3.77. The van der Waals surface area contributed by atoms with Gasteiger partial charge in [0, 0.05) is 18.7 Å². The van der Waals surface area contributed by atoms with Gasteiger partial charge in [0.05, 0.1) is 17.2 Å². The molecule has 3 heterocycles. The number of hydrogen-bond acceptors (Lipinski definition) is 4. The molecule has 1 aromatic carbocycles. The monoisotopic (exact) mass is 336 g/mol. The van der Waals surface area contributed by atoms with E-state index in [9.17, 15) is 9.59 Å². The third kappa shape index (κ3) is 3.14. The van der Waals surface area contributed by atoms with Gasteiger partial charge >= 0.3 is 5.69 Å². The van der Waals surface area contributed by atoms with Gasteiger partial charge in [-0.1, -0.05) is 6.07 Å². The van der Waals surface area contributed by atoms with E-state index in [-0.39, 0.29) is 11.6 Å². The topological polar surface area (TPSA) is 108 Å². The molecule has 0 radical (unpaired) electrons. The number of aromatic amines is 2. The van der Waals surface area contributed by atoms with Crippen LogP contribution in [0.1, 0.15) is 18.4 Å². The molecule has 0 bridgehead atoms. The van der Waals surface area contributed by atoms with Crippen molar-refractivity contribution in [3.63, 3.8) is 0 Å². The number of H-pyrrole nitrogens is 2. The van der Waals surface area contributed by atoms with E-state index in [0.717, 1.165) is 23.0 Å². The maximum absolute atomic E-state index is 12.2. The maximum Gasteiger partial charge on any atom is 0.323 e. The van der Waals surface area contributed by atoms with E-state index >= 15 is 0 Å². The van der Waals surface area contributed by atoms with Crippen LogP contribution in [0.25, 0.3) is 16.7 Å². The van der Waals surface area contributed by atoms with Crippen LogP contribution in [0, 0.1) is 0 Å². The van der Waals surface area contributed by atoms with Crippen LogP contribution < -0.4 is 11.0 Å². The highest BCUT2D eigenvalue weighted by molar-refractivity contribution is 5.90. The lowest BCUT2D eigenvalue weighted by molar-refractivity contribution is -0.116. The van der Waals surface area contributed by atoms with Gasteiger partial charge in [-0.3, -0.25) is 4.79 Å². The minimum atomic E-state index is -0.214. The molecule has 0 unspecified atom stereocenters. The Hall–Kier alpha value is -3.42. The van der Waals surface area contributed by atoms with E-state index in [1.165, 1.54) is 0 Å². The molecular weight excluding hydrogens is 320 g/mol.